The minimum atomic E-state index is -0.174. The molecular weight excluding hydrogens is 1130 g/mol. The summed E-state index contributed by atoms with van der Waals surface area (Å²) in [5.74, 6) is 0.566. The molecule has 0 aliphatic carbocycles. The minimum absolute atomic E-state index is 0. The van der Waals surface area contributed by atoms with Crippen molar-refractivity contribution in [2.24, 2.45) is 0 Å². The van der Waals surface area contributed by atoms with Crippen LogP contribution in [-0.2, 0) is 42.7 Å². The van der Waals surface area contributed by atoms with Gasteiger partial charge in [-0.2, -0.15) is 0 Å². The molecule has 7 heteroatoms. The zero-order chi connectivity index (χ0) is 54.3. The van der Waals surface area contributed by atoms with E-state index >= 15 is 0 Å². The Bertz CT molecular complexity index is 4100. The molecule has 0 saturated carbocycles. The van der Waals surface area contributed by atoms with Gasteiger partial charge >= 0.3 is 0 Å². The summed E-state index contributed by atoms with van der Waals surface area (Å²) in [7, 11) is 0. The summed E-state index contributed by atoms with van der Waals surface area (Å²) in [4.78, 5) is 14.3. The van der Waals surface area contributed by atoms with E-state index in [0.29, 0.717) is 17.1 Å². The molecule has 0 spiro atoms. The minimum Gasteiger partial charge on any atom is -0.509 e. The van der Waals surface area contributed by atoms with E-state index in [1.165, 1.54) is 39.1 Å². The first kappa shape index (κ1) is 53.6. The van der Waals surface area contributed by atoms with E-state index in [1.807, 2.05) is 12.3 Å². The summed E-state index contributed by atoms with van der Waals surface area (Å²) >= 11 is 0. The number of phenols is 1. The molecular formula is C71H66N5OPt-. The predicted molar refractivity (Wildman–Crippen MR) is 322 cm³/mol. The van der Waals surface area contributed by atoms with Gasteiger partial charge in [0.25, 0.3) is 0 Å². The molecule has 6 nitrogen and oxygen atoms in total. The maximum absolute atomic E-state index is 11.9. The molecule has 0 unspecified atom stereocenters. The van der Waals surface area contributed by atoms with Crippen molar-refractivity contribution in [3.8, 4) is 73.2 Å². The second-order valence-corrected chi connectivity index (χ2v) is 24.8. The SMILES string of the molecule is [C-]#[N+]c1ccc(-c2nc3c(-c4[c-]c(-c5cc(-c6cccc7c8ccccc8n(-c8ccccc8)c67)ccn5)ccc4)cc(-c4cc(C(C)(C)C)cc(C(C)(C)C)c4)cc3n2-c2cc(C(C)(C)C)cc(C(C)(C)C)c2)c(O)c1.[Pt]. The van der Waals surface area contributed by atoms with Gasteiger partial charge < -0.3 is 9.67 Å². The van der Waals surface area contributed by atoms with E-state index in [-0.39, 0.29) is 48.5 Å². The number of para-hydroxylation sites is 3. The Morgan fingerprint density at radius 2 is 1.06 bits per heavy atom. The van der Waals surface area contributed by atoms with Gasteiger partial charge in [-0.15, -0.1) is 29.8 Å². The van der Waals surface area contributed by atoms with Gasteiger partial charge in [0.2, 0.25) is 0 Å². The van der Waals surface area contributed by atoms with Crippen molar-refractivity contribution >= 4 is 38.5 Å². The molecule has 0 radical (unpaired) electrons. The van der Waals surface area contributed by atoms with Gasteiger partial charge in [0.05, 0.1) is 34.2 Å². The smallest absolute Gasteiger partial charge is 0.190 e. The number of pyridine rings is 1. The van der Waals surface area contributed by atoms with Crippen LogP contribution in [0.15, 0.2) is 176 Å². The predicted octanol–water partition coefficient (Wildman–Crippen LogP) is 19.1. The third-order valence-electron chi connectivity index (χ3n) is 15.2. The van der Waals surface area contributed by atoms with E-state index in [4.69, 9.17) is 16.5 Å². The van der Waals surface area contributed by atoms with Crippen LogP contribution in [0.5, 0.6) is 5.75 Å². The summed E-state index contributed by atoms with van der Waals surface area (Å²) in [6.45, 7) is 35.0. The molecule has 78 heavy (non-hydrogen) atoms. The normalized spacial score (nSPS) is 12.3. The second kappa shape index (κ2) is 19.9. The Kier molecular flexibility index (Phi) is 13.6. The van der Waals surface area contributed by atoms with Crippen molar-refractivity contribution in [2.45, 2.75) is 105 Å². The summed E-state index contributed by atoms with van der Waals surface area (Å²) in [5, 5.41) is 14.3. The van der Waals surface area contributed by atoms with E-state index < -0.39 is 0 Å². The Morgan fingerprint density at radius 3 is 1.71 bits per heavy atom. The van der Waals surface area contributed by atoms with E-state index in [1.54, 1.807) is 6.07 Å². The number of hydrogen-bond donors (Lipinski definition) is 1. The molecule has 3 heterocycles. The van der Waals surface area contributed by atoms with Crippen LogP contribution in [-0.4, -0.2) is 24.2 Å². The van der Waals surface area contributed by atoms with Crippen molar-refractivity contribution in [3.63, 3.8) is 0 Å². The third-order valence-corrected chi connectivity index (χ3v) is 15.2. The summed E-state index contributed by atoms with van der Waals surface area (Å²) in [6, 6.07) is 63.9. The van der Waals surface area contributed by atoms with Gasteiger partial charge in [0, 0.05) is 60.7 Å². The Balaban J connectivity index is 0.00000688. The number of rotatable bonds is 7. The van der Waals surface area contributed by atoms with Gasteiger partial charge in [0.1, 0.15) is 11.6 Å². The number of aromatic nitrogens is 4. The molecule has 392 valence electrons. The van der Waals surface area contributed by atoms with Crippen molar-refractivity contribution in [2.75, 3.05) is 0 Å². The monoisotopic (exact) mass is 1200 g/mol. The van der Waals surface area contributed by atoms with Crippen LogP contribution in [0.2, 0.25) is 0 Å². The van der Waals surface area contributed by atoms with Gasteiger partial charge in [-0.3, -0.25) is 9.55 Å². The van der Waals surface area contributed by atoms with Crippen LogP contribution >= 0.6 is 0 Å². The van der Waals surface area contributed by atoms with Crippen LogP contribution in [0.1, 0.15) is 105 Å². The van der Waals surface area contributed by atoms with E-state index in [9.17, 15) is 5.11 Å². The summed E-state index contributed by atoms with van der Waals surface area (Å²) < 4.78 is 4.60. The van der Waals surface area contributed by atoms with E-state index in [2.05, 4.69) is 255 Å². The number of hydrogen-bond acceptors (Lipinski definition) is 3. The van der Waals surface area contributed by atoms with Crippen LogP contribution in [0.3, 0.4) is 0 Å². The average Bonchev–Trinajstić information content (AvgIpc) is 4.19. The fourth-order valence-corrected chi connectivity index (χ4v) is 10.7. The van der Waals surface area contributed by atoms with Crippen molar-refractivity contribution < 1.29 is 26.2 Å². The standard InChI is InChI=1S/C71H66N5O.Pt/c1-68(2,3)49-34-47(35-50(39-49)69(4,5)6)48-36-60(65-63(38-48)76(67(74-65)59-30-29-53(72-13)43-64(59)77)55-41-51(70(7,8)9)40-52(42-55)71(10,11)12)44-21-19-22-46(33-44)61-37-45(31-32-73-61)56-26-20-27-58-57-25-17-18-28-62(57)75(66(56)58)54-23-15-14-16-24-54;/h14-32,34-43,77H,1-12H3;/q-1;. The van der Waals surface area contributed by atoms with Crippen molar-refractivity contribution in [3.05, 3.63) is 216 Å². The maximum atomic E-state index is 11.9. The molecule has 0 bridgehead atoms. The van der Waals surface area contributed by atoms with Crippen LogP contribution in [0.4, 0.5) is 5.69 Å². The first-order chi connectivity index (χ1) is 36.5. The molecule has 0 atom stereocenters. The van der Waals surface area contributed by atoms with Gasteiger partial charge in [-0.25, -0.2) is 9.83 Å². The molecule has 11 rings (SSSR count). The van der Waals surface area contributed by atoms with Crippen LogP contribution in [0.25, 0.3) is 105 Å². The largest absolute Gasteiger partial charge is 0.509 e. The topological polar surface area (TPSA) is 60.2 Å². The molecule has 0 amide bonds. The van der Waals surface area contributed by atoms with Crippen LogP contribution in [0, 0.1) is 12.6 Å². The fourth-order valence-electron chi connectivity index (χ4n) is 10.7. The summed E-state index contributed by atoms with van der Waals surface area (Å²) in [6.07, 6.45) is 1.91. The van der Waals surface area contributed by atoms with Gasteiger partial charge in [-0.05, 0) is 109 Å². The van der Waals surface area contributed by atoms with Crippen LogP contribution < -0.4 is 0 Å². The zero-order valence-corrected chi connectivity index (χ0v) is 49.0. The number of aromatic hydroxyl groups is 1. The van der Waals surface area contributed by atoms with E-state index in [0.717, 1.165) is 78.1 Å². The Hall–Kier alpha value is -7.84. The third kappa shape index (κ3) is 9.91. The second-order valence-electron chi connectivity index (χ2n) is 24.8. The first-order valence-electron chi connectivity index (χ1n) is 26.7. The Labute approximate surface area is 474 Å². The molecule has 0 aliphatic rings. The quantitative estimate of drug-likeness (QED) is 0.162. The number of fused-ring (bicyclic) bond motifs is 4. The van der Waals surface area contributed by atoms with Crippen molar-refractivity contribution in [1.82, 2.24) is 19.1 Å². The zero-order valence-electron chi connectivity index (χ0n) is 46.7. The molecule has 1 N–H and O–H groups in total. The summed E-state index contributed by atoms with van der Waals surface area (Å²) in [5.41, 5.74) is 18.9. The molecule has 0 saturated heterocycles. The van der Waals surface area contributed by atoms with Crippen molar-refractivity contribution in [1.29, 1.82) is 0 Å². The molecule has 8 aromatic carbocycles. The number of benzene rings is 8. The number of imidazole rings is 1. The number of phenolic OH excluding ortho intramolecular Hbond substituents is 1. The number of nitrogens with zero attached hydrogens (tertiary/aromatic N) is 5. The average molecular weight is 1200 g/mol. The van der Waals surface area contributed by atoms with Gasteiger partial charge in [0.15, 0.2) is 5.69 Å². The molecule has 0 aliphatic heterocycles. The first-order valence-corrected chi connectivity index (χ1v) is 26.7. The molecule has 3 aromatic heterocycles. The fraction of sp³-hybridized carbons (Fsp3) is 0.225. The maximum Gasteiger partial charge on any atom is 0.190 e. The molecule has 11 aromatic rings. The Morgan fingerprint density at radius 1 is 0.474 bits per heavy atom. The molecule has 0 fully saturated rings. The van der Waals surface area contributed by atoms with Gasteiger partial charge in [-0.1, -0.05) is 197 Å².